The number of rotatable bonds is 6. The first kappa shape index (κ1) is 13.5. The van der Waals surface area contributed by atoms with Gasteiger partial charge in [0.15, 0.2) is 0 Å². The van der Waals surface area contributed by atoms with Gasteiger partial charge in [0.05, 0.1) is 24.4 Å². The van der Waals surface area contributed by atoms with E-state index in [4.69, 9.17) is 9.84 Å². The molecule has 6 heteroatoms. The number of ether oxygens (including phenoxy) is 1. The monoisotopic (exact) mass is 263 g/mol. The predicted molar refractivity (Wildman–Crippen MR) is 70.9 cm³/mol. The molecule has 1 unspecified atom stereocenters. The zero-order valence-electron chi connectivity index (χ0n) is 10.7. The highest BCUT2D eigenvalue weighted by Crippen LogP contribution is 2.13. The smallest absolute Gasteiger partial charge is 0.251 e. The average molecular weight is 263 g/mol. The zero-order chi connectivity index (χ0) is 13.7. The topological polar surface area (TPSA) is 87.2 Å². The maximum Gasteiger partial charge on any atom is 0.251 e. The molecule has 6 nitrogen and oxygen atoms in total. The van der Waals surface area contributed by atoms with Crippen LogP contribution in [0.3, 0.4) is 0 Å². The van der Waals surface area contributed by atoms with Crippen molar-refractivity contribution < 1.29 is 14.6 Å². The second-order valence-electron chi connectivity index (χ2n) is 4.31. The molecule has 0 saturated carbocycles. The number of carbonyl (C=O) groups is 1. The fourth-order valence-electron chi connectivity index (χ4n) is 1.91. The van der Waals surface area contributed by atoms with Crippen molar-refractivity contribution in [3.8, 4) is 0 Å². The highest BCUT2D eigenvalue weighted by molar-refractivity contribution is 5.97. The fraction of sp³-hybridized carbons (Fsp3) is 0.385. The number of aliphatic hydroxyl groups is 1. The maximum atomic E-state index is 12.1. The molecular weight excluding hydrogens is 246 g/mol. The van der Waals surface area contributed by atoms with Crippen molar-refractivity contribution in [2.75, 3.05) is 20.3 Å². The van der Waals surface area contributed by atoms with Gasteiger partial charge in [-0.15, -0.1) is 0 Å². The number of H-pyrrole nitrogens is 1. The Morgan fingerprint density at radius 3 is 3.16 bits per heavy atom. The number of aliphatic hydroxyl groups excluding tert-OH is 1. The molecule has 0 aliphatic heterocycles. The number of aromatic amines is 1. The van der Waals surface area contributed by atoms with Gasteiger partial charge in [-0.2, -0.15) is 5.10 Å². The molecule has 0 saturated heterocycles. The fourth-order valence-corrected chi connectivity index (χ4v) is 1.91. The highest BCUT2D eigenvalue weighted by Gasteiger charge is 2.13. The molecule has 19 heavy (non-hydrogen) atoms. The molecule has 2 rings (SSSR count). The molecule has 0 fully saturated rings. The number of fused-ring (bicyclic) bond motifs is 1. The van der Waals surface area contributed by atoms with E-state index < -0.39 is 0 Å². The first-order valence-electron chi connectivity index (χ1n) is 6.08. The van der Waals surface area contributed by atoms with Crippen molar-refractivity contribution in [2.45, 2.75) is 12.5 Å². The van der Waals surface area contributed by atoms with Gasteiger partial charge >= 0.3 is 0 Å². The van der Waals surface area contributed by atoms with Gasteiger partial charge in [0, 0.05) is 24.7 Å². The number of aromatic nitrogens is 2. The summed E-state index contributed by atoms with van der Waals surface area (Å²) < 4.78 is 5.01. The van der Waals surface area contributed by atoms with Crippen LogP contribution in [0.1, 0.15) is 16.8 Å². The van der Waals surface area contributed by atoms with E-state index in [9.17, 15) is 4.79 Å². The minimum atomic E-state index is -0.192. The van der Waals surface area contributed by atoms with E-state index in [0.717, 1.165) is 10.9 Å². The number of hydrogen-bond acceptors (Lipinski definition) is 4. The molecule has 0 aliphatic rings. The normalized spacial score (nSPS) is 12.5. The van der Waals surface area contributed by atoms with Gasteiger partial charge < -0.3 is 15.2 Å². The first-order valence-corrected chi connectivity index (χ1v) is 6.08. The summed E-state index contributed by atoms with van der Waals surface area (Å²) in [6.45, 7) is 0.384. The van der Waals surface area contributed by atoms with Crippen LogP contribution in [0, 0.1) is 0 Å². The summed E-state index contributed by atoms with van der Waals surface area (Å²) in [5.41, 5.74) is 1.45. The lowest BCUT2D eigenvalue weighted by Crippen LogP contribution is -2.38. The molecular formula is C13H17N3O3. The number of amides is 1. The Kier molecular flexibility index (Phi) is 4.48. The lowest BCUT2D eigenvalue weighted by atomic mass is 10.1. The van der Waals surface area contributed by atoms with Crippen molar-refractivity contribution in [2.24, 2.45) is 0 Å². The van der Waals surface area contributed by atoms with Crippen molar-refractivity contribution >= 4 is 16.8 Å². The molecule has 1 heterocycles. The summed E-state index contributed by atoms with van der Waals surface area (Å²) in [6, 6.07) is 5.13. The summed E-state index contributed by atoms with van der Waals surface area (Å²) in [7, 11) is 1.56. The minimum Gasteiger partial charge on any atom is -0.396 e. The third-order valence-corrected chi connectivity index (χ3v) is 2.88. The summed E-state index contributed by atoms with van der Waals surface area (Å²) in [4.78, 5) is 12.1. The van der Waals surface area contributed by atoms with Crippen LogP contribution >= 0.6 is 0 Å². The van der Waals surface area contributed by atoms with Gasteiger partial charge in [-0.25, -0.2) is 0 Å². The average Bonchev–Trinajstić information content (AvgIpc) is 2.86. The van der Waals surface area contributed by atoms with E-state index in [-0.39, 0.29) is 18.6 Å². The number of nitrogens with zero attached hydrogens (tertiary/aromatic N) is 1. The zero-order valence-corrected chi connectivity index (χ0v) is 10.7. The van der Waals surface area contributed by atoms with Crippen molar-refractivity contribution in [1.82, 2.24) is 15.5 Å². The standard InChI is InChI=1S/C13H17N3O3/c1-19-8-11(4-5-17)15-13(18)9-2-3-12-10(6-9)7-14-16-12/h2-3,6-7,11,17H,4-5,8H2,1H3,(H,14,16)(H,15,18). The Morgan fingerprint density at radius 1 is 1.58 bits per heavy atom. The van der Waals surface area contributed by atoms with E-state index in [1.54, 1.807) is 25.4 Å². The van der Waals surface area contributed by atoms with Gasteiger partial charge in [-0.05, 0) is 24.6 Å². The molecule has 1 aromatic carbocycles. The second-order valence-corrected chi connectivity index (χ2v) is 4.31. The summed E-state index contributed by atoms with van der Waals surface area (Å²) in [5, 5.41) is 19.4. The number of carbonyl (C=O) groups excluding carboxylic acids is 1. The highest BCUT2D eigenvalue weighted by atomic mass is 16.5. The largest absolute Gasteiger partial charge is 0.396 e. The molecule has 3 N–H and O–H groups in total. The Bertz CT molecular complexity index is 547. The van der Waals surface area contributed by atoms with Crippen LogP contribution in [0.2, 0.25) is 0 Å². The van der Waals surface area contributed by atoms with E-state index in [1.165, 1.54) is 0 Å². The van der Waals surface area contributed by atoms with Gasteiger partial charge in [-0.3, -0.25) is 9.89 Å². The Labute approximate surface area is 110 Å². The third-order valence-electron chi connectivity index (χ3n) is 2.88. The van der Waals surface area contributed by atoms with Gasteiger partial charge in [0.2, 0.25) is 0 Å². The van der Waals surface area contributed by atoms with Crippen LogP contribution < -0.4 is 5.32 Å². The van der Waals surface area contributed by atoms with Crippen LogP contribution in [0.15, 0.2) is 24.4 Å². The molecule has 102 valence electrons. The van der Waals surface area contributed by atoms with Crippen molar-refractivity contribution in [3.63, 3.8) is 0 Å². The first-order chi connectivity index (χ1) is 9.24. The van der Waals surface area contributed by atoms with Crippen LogP contribution in [-0.2, 0) is 4.74 Å². The lowest BCUT2D eigenvalue weighted by Gasteiger charge is -2.16. The molecule has 0 spiro atoms. The Balaban J connectivity index is 2.09. The summed E-state index contributed by atoms with van der Waals surface area (Å²) >= 11 is 0. The Morgan fingerprint density at radius 2 is 2.42 bits per heavy atom. The van der Waals surface area contributed by atoms with Crippen LogP contribution in [0.25, 0.3) is 10.9 Å². The number of benzene rings is 1. The van der Waals surface area contributed by atoms with Crippen molar-refractivity contribution in [3.05, 3.63) is 30.0 Å². The van der Waals surface area contributed by atoms with Gasteiger partial charge in [-0.1, -0.05) is 0 Å². The van der Waals surface area contributed by atoms with Crippen LogP contribution in [0.5, 0.6) is 0 Å². The molecule has 0 bridgehead atoms. The molecule has 1 aromatic heterocycles. The third kappa shape index (κ3) is 3.30. The summed E-state index contributed by atoms with van der Waals surface area (Å²) in [6.07, 6.45) is 2.14. The molecule has 1 atom stereocenters. The predicted octanol–water partition coefficient (Wildman–Crippen LogP) is 0.690. The second kappa shape index (κ2) is 6.31. The van der Waals surface area contributed by atoms with Gasteiger partial charge in [0.25, 0.3) is 5.91 Å². The van der Waals surface area contributed by atoms with Crippen LogP contribution in [-0.4, -0.2) is 47.6 Å². The molecule has 1 amide bonds. The quantitative estimate of drug-likeness (QED) is 0.715. The van der Waals surface area contributed by atoms with E-state index in [1.807, 2.05) is 6.07 Å². The van der Waals surface area contributed by atoms with E-state index in [2.05, 4.69) is 15.5 Å². The molecule has 0 aliphatic carbocycles. The van der Waals surface area contributed by atoms with Gasteiger partial charge in [0.1, 0.15) is 0 Å². The maximum absolute atomic E-state index is 12.1. The minimum absolute atomic E-state index is 0.00900. The lowest BCUT2D eigenvalue weighted by molar-refractivity contribution is 0.0879. The molecule has 2 aromatic rings. The number of hydrogen-bond donors (Lipinski definition) is 3. The number of methoxy groups -OCH3 is 1. The Hall–Kier alpha value is -1.92. The van der Waals surface area contributed by atoms with Crippen LogP contribution in [0.4, 0.5) is 0 Å². The van der Waals surface area contributed by atoms with E-state index in [0.29, 0.717) is 18.6 Å². The molecule has 0 radical (unpaired) electrons. The van der Waals surface area contributed by atoms with Crippen molar-refractivity contribution in [1.29, 1.82) is 0 Å². The van der Waals surface area contributed by atoms with E-state index >= 15 is 0 Å². The SMILES string of the molecule is COCC(CCO)NC(=O)c1ccc2[nH]ncc2c1. The number of nitrogens with one attached hydrogen (secondary N) is 2. The summed E-state index contributed by atoms with van der Waals surface area (Å²) in [5.74, 6) is -0.182.